The van der Waals surface area contributed by atoms with Crippen molar-refractivity contribution >= 4 is 18.3 Å². The number of carbonyl (C=O) groups excluding carboxylic acids is 1. The van der Waals surface area contributed by atoms with E-state index in [1.165, 1.54) is 44.9 Å². The molecule has 2 aliphatic carbocycles. The quantitative estimate of drug-likeness (QED) is 0.849. The van der Waals surface area contributed by atoms with E-state index in [0.29, 0.717) is 24.4 Å². The summed E-state index contributed by atoms with van der Waals surface area (Å²) in [4.78, 5) is 15.0. The molecule has 21 heavy (non-hydrogen) atoms. The summed E-state index contributed by atoms with van der Waals surface area (Å²) >= 11 is 0. The van der Waals surface area contributed by atoms with E-state index in [4.69, 9.17) is 5.73 Å². The Morgan fingerprint density at radius 1 is 0.952 bits per heavy atom. The smallest absolute Gasteiger partial charge is 0.225 e. The number of hydrogen-bond acceptors (Lipinski definition) is 2. The third-order valence-electron chi connectivity index (χ3n) is 6.07. The molecule has 0 radical (unpaired) electrons. The molecular formula is C17H31ClN2O. The van der Waals surface area contributed by atoms with Gasteiger partial charge in [-0.15, -0.1) is 12.4 Å². The molecule has 3 nitrogen and oxygen atoms in total. The van der Waals surface area contributed by atoms with E-state index in [9.17, 15) is 4.79 Å². The molecule has 2 saturated carbocycles. The lowest BCUT2D eigenvalue weighted by Crippen LogP contribution is -2.50. The van der Waals surface area contributed by atoms with Crippen molar-refractivity contribution in [2.75, 3.05) is 13.1 Å². The van der Waals surface area contributed by atoms with Gasteiger partial charge in [0.1, 0.15) is 0 Å². The normalized spacial score (nSPS) is 36.5. The van der Waals surface area contributed by atoms with E-state index in [1.807, 2.05) is 0 Å². The summed E-state index contributed by atoms with van der Waals surface area (Å²) in [6, 6.07) is 0.320. The van der Waals surface area contributed by atoms with Crippen LogP contribution in [0.15, 0.2) is 0 Å². The van der Waals surface area contributed by atoms with E-state index < -0.39 is 0 Å². The van der Waals surface area contributed by atoms with Crippen LogP contribution in [0.3, 0.4) is 0 Å². The monoisotopic (exact) mass is 314 g/mol. The third-order valence-corrected chi connectivity index (χ3v) is 6.07. The summed E-state index contributed by atoms with van der Waals surface area (Å²) in [6.45, 7) is 1.59. The van der Waals surface area contributed by atoms with Gasteiger partial charge in [0, 0.05) is 25.0 Å². The lowest BCUT2D eigenvalue weighted by atomic mass is 9.67. The minimum atomic E-state index is 0. The molecule has 1 amide bonds. The summed E-state index contributed by atoms with van der Waals surface area (Å²) in [5.74, 6) is 2.51. The summed E-state index contributed by atoms with van der Waals surface area (Å²) in [5.41, 5.74) is 5.87. The van der Waals surface area contributed by atoms with Crippen LogP contribution in [0.4, 0.5) is 0 Å². The van der Waals surface area contributed by atoms with Gasteiger partial charge < -0.3 is 10.6 Å². The molecule has 3 aliphatic rings. The molecule has 3 rings (SSSR count). The number of amides is 1. The zero-order valence-electron chi connectivity index (χ0n) is 13.1. The molecule has 0 bridgehead atoms. The van der Waals surface area contributed by atoms with Crippen molar-refractivity contribution in [2.24, 2.45) is 23.5 Å². The number of piperidine rings is 1. The molecule has 1 heterocycles. The maximum Gasteiger partial charge on any atom is 0.225 e. The van der Waals surface area contributed by atoms with Gasteiger partial charge in [-0.3, -0.25) is 4.79 Å². The molecule has 2 N–H and O–H groups in total. The van der Waals surface area contributed by atoms with Crippen molar-refractivity contribution < 1.29 is 4.79 Å². The fourth-order valence-electron chi connectivity index (χ4n) is 4.87. The zero-order chi connectivity index (χ0) is 13.9. The number of halogens is 1. The second kappa shape index (κ2) is 7.82. The highest BCUT2D eigenvalue weighted by molar-refractivity contribution is 5.85. The van der Waals surface area contributed by atoms with Gasteiger partial charge in [-0.25, -0.2) is 0 Å². The molecule has 1 saturated heterocycles. The Morgan fingerprint density at radius 2 is 1.67 bits per heavy atom. The van der Waals surface area contributed by atoms with Gasteiger partial charge in [-0.1, -0.05) is 25.7 Å². The minimum Gasteiger partial charge on any atom is -0.338 e. The fourth-order valence-corrected chi connectivity index (χ4v) is 4.87. The Morgan fingerprint density at radius 3 is 2.43 bits per heavy atom. The number of rotatable bonds is 2. The van der Waals surface area contributed by atoms with Crippen LogP contribution in [0.25, 0.3) is 0 Å². The number of carbonyl (C=O) groups is 1. The molecule has 3 fully saturated rings. The van der Waals surface area contributed by atoms with E-state index in [2.05, 4.69) is 4.90 Å². The van der Waals surface area contributed by atoms with Crippen LogP contribution >= 0.6 is 12.4 Å². The summed E-state index contributed by atoms with van der Waals surface area (Å²) in [7, 11) is 0. The first kappa shape index (κ1) is 17.1. The van der Waals surface area contributed by atoms with Crippen LogP contribution < -0.4 is 5.73 Å². The highest BCUT2D eigenvalue weighted by Gasteiger charge is 2.38. The molecule has 0 aromatic carbocycles. The lowest BCUT2D eigenvalue weighted by Gasteiger charge is -2.42. The second-order valence-electron chi connectivity index (χ2n) is 7.23. The largest absolute Gasteiger partial charge is 0.338 e. The fraction of sp³-hybridized carbons (Fsp3) is 0.941. The Bertz CT molecular complexity index is 350. The van der Waals surface area contributed by atoms with Gasteiger partial charge in [0.25, 0.3) is 0 Å². The molecule has 0 spiro atoms. The average Bonchev–Trinajstić information content (AvgIpc) is 2.53. The highest BCUT2D eigenvalue weighted by atomic mass is 35.5. The van der Waals surface area contributed by atoms with E-state index in [-0.39, 0.29) is 12.4 Å². The topological polar surface area (TPSA) is 46.3 Å². The van der Waals surface area contributed by atoms with Gasteiger partial charge in [0.2, 0.25) is 5.91 Å². The van der Waals surface area contributed by atoms with Gasteiger partial charge in [0.15, 0.2) is 0 Å². The number of hydrogen-bond donors (Lipinski definition) is 1. The van der Waals surface area contributed by atoms with E-state index >= 15 is 0 Å². The zero-order valence-corrected chi connectivity index (χ0v) is 14.0. The minimum absolute atomic E-state index is 0. The van der Waals surface area contributed by atoms with Gasteiger partial charge in [-0.2, -0.15) is 0 Å². The first-order valence-corrected chi connectivity index (χ1v) is 8.80. The van der Waals surface area contributed by atoms with Crippen molar-refractivity contribution in [2.45, 2.75) is 70.3 Å². The van der Waals surface area contributed by atoms with E-state index in [1.54, 1.807) is 0 Å². The van der Waals surface area contributed by atoms with Crippen LogP contribution in [-0.4, -0.2) is 29.9 Å². The summed E-state index contributed by atoms with van der Waals surface area (Å²) in [5, 5.41) is 0. The number of nitrogens with two attached hydrogens (primary N) is 1. The van der Waals surface area contributed by atoms with Crippen LogP contribution in [-0.2, 0) is 4.79 Å². The van der Waals surface area contributed by atoms with Gasteiger partial charge in [-0.05, 0) is 50.4 Å². The molecule has 0 aromatic rings. The van der Waals surface area contributed by atoms with Crippen LogP contribution in [0.2, 0.25) is 0 Å². The molecule has 0 aromatic heterocycles. The van der Waals surface area contributed by atoms with Gasteiger partial charge in [0.05, 0.1) is 0 Å². The third kappa shape index (κ3) is 3.73. The van der Waals surface area contributed by atoms with Crippen LogP contribution in [0, 0.1) is 17.8 Å². The average molecular weight is 315 g/mol. The molecule has 4 atom stereocenters. The highest BCUT2D eigenvalue weighted by Crippen LogP contribution is 2.43. The van der Waals surface area contributed by atoms with Crippen LogP contribution in [0.5, 0.6) is 0 Å². The molecular weight excluding hydrogens is 284 g/mol. The molecule has 1 aliphatic heterocycles. The molecule has 4 heteroatoms. The Balaban J connectivity index is 0.00000161. The summed E-state index contributed by atoms with van der Waals surface area (Å²) in [6.07, 6.45) is 12.7. The standard InChI is InChI=1S/C17H30N2O.ClH/c18-12-16-7-3-4-10-19(16)17(20)15-9-8-13-5-1-2-6-14(13)11-15;/h13-16H,1-12,18H2;1H. The number of likely N-dealkylation sites (tertiary alicyclic amines) is 1. The predicted molar refractivity (Wildman–Crippen MR) is 88.4 cm³/mol. The van der Waals surface area contributed by atoms with Crippen molar-refractivity contribution in [3.8, 4) is 0 Å². The number of fused-ring (bicyclic) bond motifs is 1. The lowest BCUT2D eigenvalue weighted by molar-refractivity contribution is -0.141. The SMILES string of the molecule is Cl.NCC1CCCCN1C(=O)C1CCC2CCCCC2C1. The summed E-state index contributed by atoms with van der Waals surface area (Å²) < 4.78 is 0. The van der Waals surface area contributed by atoms with Crippen LogP contribution in [0.1, 0.15) is 64.2 Å². The van der Waals surface area contributed by atoms with Crippen molar-refractivity contribution in [1.29, 1.82) is 0 Å². The number of nitrogens with zero attached hydrogens (tertiary/aromatic N) is 1. The Labute approximate surface area is 135 Å². The van der Waals surface area contributed by atoms with E-state index in [0.717, 1.165) is 37.6 Å². The van der Waals surface area contributed by atoms with Crippen molar-refractivity contribution in [3.05, 3.63) is 0 Å². The van der Waals surface area contributed by atoms with Gasteiger partial charge >= 0.3 is 0 Å². The first-order chi connectivity index (χ1) is 9.79. The molecule has 4 unspecified atom stereocenters. The first-order valence-electron chi connectivity index (χ1n) is 8.80. The van der Waals surface area contributed by atoms with Crippen molar-refractivity contribution in [3.63, 3.8) is 0 Å². The second-order valence-corrected chi connectivity index (χ2v) is 7.23. The maximum atomic E-state index is 12.9. The predicted octanol–water partition coefficient (Wildman–Crippen LogP) is 3.35. The Kier molecular flexibility index (Phi) is 6.36. The molecule has 122 valence electrons. The van der Waals surface area contributed by atoms with Crippen molar-refractivity contribution in [1.82, 2.24) is 4.90 Å². The maximum absolute atomic E-state index is 12.9. The Hall–Kier alpha value is -0.280.